The van der Waals surface area contributed by atoms with Gasteiger partial charge in [0.25, 0.3) is 0 Å². The molecule has 0 radical (unpaired) electrons. The second kappa shape index (κ2) is 36.2. The molecule has 340 valence electrons. The van der Waals surface area contributed by atoms with Gasteiger partial charge in [-0.3, -0.25) is 23.2 Å². The highest BCUT2D eigenvalue weighted by atomic mass is 31.2. The minimum Gasteiger partial charge on any atom is -0.462 e. The quantitative estimate of drug-likeness (QED) is 0.0114. The number of allylic oxidation sites excluding steroid dienone is 8. The number of aliphatic hydroxyl groups excluding tert-OH is 3. The fourth-order valence-corrected chi connectivity index (χ4v) is 6.18. The fraction of sp³-hybridized carbons (Fsp3) is 0.667. The van der Waals surface area contributed by atoms with E-state index in [9.17, 15) is 38.9 Å². The molecule has 0 aromatic heterocycles. The topological polar surface area (TPSA) is 236 Å². The molecule has 0 aliphatic heterocycles. The van der Waals surface area contributed by atoms with E-state index in [1.165, 1.54) is 25.7 Å². The van der Waals surface area contributed by atoms with Gasteiger partial charge >= 0.3 is 27.6 Å². The number of unbranched alkanes of at least 4 members (excludes halogenated alkanes) is 7. The Morgan fingerprint density at radius 2 is 1.15 bits per heavy atom. The van der Waals surface area contributed by atoms with Crippen molar-refractivity contribution in [3.8, 4) is 0 Å². The van der Waals surface area contributed by atoms with Crippen molar-refractivity contribution in [2.24, 2.45) is 5.92 Å². The predicted molar refractivity (Wildman–Crippen MR) is 228 cm³/mol. The molecule has 0 aromatic rings. The average molecular weight is 879 g/mol. The van der Waals surface area contributed by atoms with E-state index in [1.807, 2.05) is 37.3 Å². The van der Waals surface area contributed by atoms with Gasteiger partial charge in [-0.1, -0.05) is 145 Å². The van der Waals surface area contributed by atoms with Gasteiger partial charge in [0, 0.05) is 12.8 Å². The van der Waals surface area contributed by atoms with Crippen LogP contribution in [-0.4, -0.2) is 92.8 Å². The molecule has 17 heteroatoms. The first kappa shape index (κ1) is 56.5. The van der Waals surface area contributed by atoms with Gasteiger partial charge in [0.1, 0.15) is 12.7 Å². The summed E-state index contributed by atoms with van der Waals surface area (Å²) in [7, 11) is -9.74. The molecular weight excluding hydrogens is 806 g/mol. The molecule has 0 heterocycles. The lowest BCUT2D eigenvalue weighted by atomic mass is 10.0. The third-order valence-electron chi connectivity index (χ3n) is 8.21. The number of rotatable bonds is 37. The summed E-state index contributed by atoms with van der Waals surface area (Å²) < 4.78 is 47.5. The number of esters is 2. The zero-order valence-corrected chi connectivity index (χ0v) is 37.0. The molecule has 0 fully saturated rings. The Balaban J connectivity index is 4.79. The van der Waals surface area contributed by atoms with Crippen LogP contribution in [0.25, 0.3) is 0 Å². The first-order valence-corrected chi connectivity index (χ1v) is 23.7. The van der Waals surface area contributed by atoms with Gasteiger partial charge < -0.3 is 39.5 Å². The summed E-state index contributed by atoms with van der Waals surface area (Å²) >= 11 is 0. The first-order valence-electron chi connectivity index (χ1n) is 20.7. The molecule has 0 saturated carbocycles. The number of hydrogen-bond donors (Lipinski definition) is 6. The average Bonchev–Trinajstić information content (AvgIpc) is 3.17. The summed E-state index contributed by atoms with van der Waals surface area (Å²) in [6.45, 7) is 3.59. The van der Waals surface area contributed by atoms with E-state index in [4.69, 9.17) is 23.8 Å². The summed E-state index contributed by atoms with van der Waals surface area (Å²) in [4.78, 5) is 52.5. The fourth-order valence-electron chi connectivity index (χ4n) is 5.03. The second-order valence-corrected chi connectivity index (χ2v) is 17.1. The monoisotopic (exact) mass is 878 g/mol. The Hall–Kier alpha value is -2.52. The summed E-state index contributed by atoms with van der Waals surface area (Å²) in [5.74, 6) is -0.480. The Morgan fingerprint density at radius 1 is 0.610 bits per heavy atom. The van der Waals surface area contributed by atoms with Crippen molar-refractivity contribution in [1.82, 2.24) is 0 Å². The molecule has 1 unspecified atom stereocenters. The van der Waals surface area contributed by atoms with E-state index in [-0.39, 0.29) is 12.8 Å². The Labute approximate surface area is 351 Å². The van der Waals surface area contributed by atoms with Crippen molar-refractivity contribution < 1.29 is 71.8 Å². The number of hydrogen-bond acceptors (Lipinski definition) is 12. The SMILES string of the molecule is CC/C=C\C[C@H](O)/C=C/C=C\C=C\[C@H](O)C/C=C\C/C=C\CCC(=O)O[C@H](COC(=O)CCCCCCCCCCC(C)C)COP(=O)(O)OC[C@@H](O)COP(=O)(O)O. The van der Waals surface area contributed by atoms with Crippen LogP contribution in [0, 0.1) is 5.92 Å². The van der Waals surface area contributed by atoms with E-state index < -0.39 is 78.4 Å². The van der Waals surface area contributed by atoms with E-state index in [1.54, 1.807) is 42.5 Å². The minimum absolute atomic E-state index is 0.0531. The van der Waals surface area contributed by atoms with Gasteiger partial charge in [0.15, 0.2) is 6.10 Å². The molecule has 0 amide bonds. The van der Waals surface area contributed by atoms with E-state index in [0.29, 0.717) is 32.1 Å². The second-order valence-electron chi connectivity index (χ2n) is 14.4. The van der Waals surface area contributed by atoms with Gasteiger partial charge in [0.2, 0.25) is 0 Å². The Kier molecular flexibility index (Phi) is 34.6. The van der Waals surface area contributed by atoms with Gasteiger partial charge in [0.05, 0.1) is 32.0 Å². The van der Waals surface area contributed by atoms with Gasteiger partial charge in [-0.15, -0.1) is 0 Å². The maximum absolute atomic E-state index is 12.6. The molecule has 0 aliphatic rings. The normalized spacial score (nSPS) is 16.0. The van der Waals surface area contributed by atoms with Crippen LogP contribution in [0.15, 0.2) is 72.9 Å². The molecule has 6 N–H and O–H groups in total. The zero-order chi connectivity index (χ0) is 44.2. The molecule has 0 saturated heterocycles. The van der Waals surface area contributed by atoms with Crippen LogP contribution in [0.5, 0.6) is 0 Å². The Bertz CT molecular complexity index is 1370. The highest BCUT2D eigenvalue weighted by Gasteiger charge is 2.28. The molecular formula is C42H72O15P2. The van der Waals surface area contributed by atoms with Crippen molar-refractivity contribution in [3.05, 3.63) is 72.9 Å². The largest absolute Gasteiger partial charge is 0.472 e. The van der Waals surface area contributed by atoms with E-state index >= 15 is 0 Å². The van der Waals surface area contributed by atoms with Crippen LogP contribution >= 0.6 is 15.6 Å². The zero-order valence-electron chi connectivity index (χ0n) is 35.2. The first-order chi connectivity index (χ1) is 28.0. The highest BCUT2D eigenvalue weighted by Crippen LogP contribution is 2.43. The van der Waals surface area contributed by atoms with Crippen LogP contribution in [0.4, 0.5) is 0 Å². The standard InChI is InChI=1S/C42H72O15P2/c1-4-5-18-26-37(43)28-21-16-17-22-29-38(44)27-20-13-10-11-15-24-31-42(47)57-40(35-56-59(51,52)55-33-39(45)32-54-58(48,49)50)34-53-41(46)30-23-14-9-7-6-8-12-19-25-36(2)3/h5,11,13,15-18,20-22,28-29,36-40,43-45H,4,6-10,12,14,19,23-27,30-35H2,1-3H3,(H,51,52)(H2,48,49,50)/b15-11-,17-16-,18-5-,20-13-,28-21+,29-22+/t37-,38+,39-,40+/m0/s1. The lowest BCUT2D eigenvalue weighted by molar-refractivity contribution is -0.161. The number of phosphoric acid groups is 2. The maximum Gasteiger partial charge on any atom is 0.472 e. The number of carbonyl (C=O) groups excluding carboxylic acids is 2. The van der Waals surface area contributed by atoms with Gasteiger partial charge in [-0.05, 0) is 44.4 Å². The lowest BCUT2D eigenvalue weighted by Gasteiger charge is -2.20. The molecule has 5 atom stereocenters. The summed E-state index contributed by atoms with van der Waals surface area (Å²) in [6.07, 6.45) is 30.0. The third kappa shape index (κ3) is 40.6. The summed E-state index contributed by atoms with van der Waals surface area (Å²) in [6, 6.07) is 0. The van der Waals surface area contributed by atoms with Crippen molar-refractivity contribution in [1.29, 1.82) is 0 Å². The summed E-state index contributed by atoms with van der Waals surface area (Å²) in [5, 5.41) is 29.7. The van der Waals surface area contributed by atoms with Crippen molar-refractivity contribution in [3.63, 3.8) is 0 Å². The van der Waals surface area contributed by atoms with Crippen molar-refractivity contribution >= 4 is 27.6 Å². The van der Waals surface area contributed by atoms with Crippen LogP contribution in [0.3, 0.4) is 0 Å². The number of phosphoric ester groups is 2. The highest BCUT2D eigenvalue weighted by molar-refractivity contribution is 7.47. The molecule has 59 heavy (non-hydrogen) atoms. The molecule has 0 aliphatic carbocycles. The maximum atomic E-state index is 12.6. The minimum atomic E-state index is -4.89. The summed E-state index contributed by atoms with van der Waals surface area (Å²) in [5.41, 5.74) is 0. The predicted octanol–water partition coefficient (Wildman–Crippen LogP) is 8.02. The number of carbonyl (C=O) groups is 2. The van der Waals surface area contributed by atoms with E-state index in [2.05, 4.69) is 22.9 Å². The van der Waals surface area contributed by atoms with Crippen LogP contribution < -0.4 is 0 Å². The third-order valence-corrected chi connectivity index (χ3v) is 9.64. The van der Waals surface area contributed by atoms with Crippen molar-refractivity contribution in [2.45, 2.75) is 148 Å². The molecule has 0 spiro atoms. The lowest BCUT2D eigenvalue weighted by Crippen LogP contribution is -2.29. The smallest absolute Gasteiger partial charge is 0.462 e. The van der Waals surface area contributed by atoms with E-state index in [0.717, 1.165) is 38.0 Å². The molecule has 0 aromatic carbocycles. The van der Waals surface area contributed by atoms with Crippen molar-refractivity contribution in [2.75, 3.05) is 26.4 Å². The van der Waals surface area contributed by atoms with Crippen LogP contribution in [0.1, 0.15) is 124 Å². The number of ether oxygens (including phenoxy) is 2. The Morgan fingerprint density at radius 3 is 1.75 bits per heavy atom. The molecule has 15 nitrogen and oxygen atoms in total. The molecule has 0 bridgehead atoms. The van der Waals surface area contributed by atoms with Gasteiger partial charge in [-0.25, -0.2) is 9.13 Å². The van der Waals surface area contributed by atoms with Crippen LogP contribution in [0.2, 0.25) is 0 Å². The van der Waals surface area contributed by atoms with Gasteiger partial charge in [-0.2, -0.15) is 0 Å². The van der Waals surface area contributed by atoms with Crippen LogP contribution in [-0.2, 0) is 41.8 Å². The number of aliphatic hydroxyl groups is 3. The molecule has 0 rings (SSSR count).